The second kappa shape index (κ2) is 5.00. The summed E-state index contributed by atoms with van der Waals surface area (Å²) >= 11 is 0. The molecule has 0 saturated heterocycles. The maximum absolute atomic E-state index is 11.3. The number of hydrogen-bond acceptors (Lipinski definition) is 2. The van der Waals surface area contributed by atoms with Crippen LogP contribution in [0, 0.1) is 6.92 Å². The van der Waals surface area contributed by atoms with Crippen LogP contribution in [0.15, 0.2) is 42.5 Å². The third-order valence-corrected chi connectivity index (χ3v) is 3.71. The van der Waals surface area contributed by atoms with E-state index in [9.17, 15) is 9.90 Å². The standard InChI is InChI=1S/C17H16O3/c1-11-6-7-12-8-9-15(20-16(12)10-11)13-4-2-3-5-14(13)17(18)19/h2-7,10,15H,8-9H2,1H3,(H,18,19). The van der Waals surface area contributed by atoms with E-state index in [1.807, 2.05) is 25.1 Å². The second-order valence-corrected chi connectivity index (χ2v) is 5.15. The average Bonchev–Trinajstić information content (AvgIpc) is 2.46. The lowest BCUT2D eigenvalue weighted by molar-refractivity contribution is 0.0689. The van der Waals surface area contributed by atoms with Crippen LogP contribution in [0.25, 0.3) is 0 Å². The molecule has 0 amide bonds. The fraction of sp³-hybridized carbons (Fsp3) is 0.235. The minimum Gasteiger partial charge on any atom is -0.485 e. The van der Waals surface area contributed by atoms with Crippen LogP contribution in [0.2, 0.25) is 0 Å². The van der Waals surface area contributed by atoms with E-state index in [1.165, 1.54) is 5.56 Å². The quantitative estimate of drug-likeness (QED) is 0.902. The summed E-state index contributed by atoms with van der Waals surface area (Å²) in [7, 11) is 0. The van der Waals surface area contributed by atoms with E-state index in [0.29, 0.717) is 5.56 Å². The molecule has 0 aromatic heterocycles. The number of ether oxygens (including phenoxy) is 1. The molecule has 3 nitrogen and oxygen atoms in total. The van der Waals surface area contributed by atoms with Crippen LogP contribution in [-0.2, 0) is 6.42 Å². The number of rotatable bonds is 2. The largest absolute Gasteiger partial charge is 0.485 e. The first kappa shape index (κ1) is 12.7. The first-order valence-electron chi connectivity index (χ1n) is 6.73. The lowest BCUT2D eigenvalue weighted by Gasteiger charge is -2.27. The number of aryl methyl sites for hydroxylation is 2. The smallest absolute Gasteiger partial charge is 0.336 e. The Hall–Kier alpha value is -2.29. The van der Waals surface area contributed by atoms with Gasteiger partial charge in [-0.25, -0.2) is 4.79 Å². The molecule has 20 heavy (non-hydrogen) atoms. The summed E-state index contributed by atoms with van der Waals surface area (Å²) in [6.45, 7) is 2.03. The fourth-order valence-corrected chi connectivity index (χ4v) is 2.67. The van der Waals surface area contributed by atoms with Crippen molar-refractivity contribution in [3.63, 3.8) is 0 Å². The summed E-state index contributed by atoms with van der Waals surface area (Å²) in [5, 5.41) is 9.28. The molecule has 102 valence electrons. The Balaban J connectivity index is 1.96. The highest BCUT2D eigenvalue weighted by Gasteiger charge is 2.24. The zero-order valence-corrected chi connectivity index (χ0v) is 11.3. The third-order valence-electron chi connectivity index (χ3n) is 3.71. The Morgan fingerprint density at radius 2 is 2.05 bits per heavy atom. The van der Waals surface area contributed by atoms with Crippen molar-refractivity contribution in [2.24, 2.45) is 0 Å². The average molecular weight is 268 g/mol. The van der Waals surface area contributed by atoms with Crippen LogP contribution >= 0.6 is 0 Å². The van der Waals surface area contributed by atoms with E-state index >= 15 is 0 Å². The predicted octanol–water partition coefficient (Wildman–Crippen LogP) is 3.76. The summed E-state index contributed by atoms with van der Waals surface area (Å²) in [6.07, 6.45) is 1.53. The van der Waals surface area contributed by atoms with Gasteiger partial charge in [-0.05, 0) is 43.0 Å². The highest BCUT2D eigenvalue weighted by molar-refractivity contribution is 5.89. The zero-order chi connectivity index (χ0) is 14.1. The van der Waals surface area contributed by atoms with Gasteiger partial charge in [-0.1, -0.05) is 30.3 Å². The highest BCUT2D eigenvalue weighted by Crippen LogP contribution is 2.36. The summed E-state index contributed by atoms with van der Waals surface area (Å²) in [4.78, 5) is 11.3. The van der Waals surface area contributed by atoms with Crippen LogP contribution in [0.1, 0.15) is 39.6 Å². The van der Waals surface area contributed by atoms with Crippen LogP contribution in [0.3, 0.4) is 0 Å². The SMILES string of the molecule is Cc1ccc2c(c1)OC(c1ccccc1C(=O)O)CC2. The van der Waals surface area contributed by atoms with Gasteiger partial charge in [-0.15, -0.1) is 0 Å². The van der Waals surface area contributed by atoms with Crippen molar-refractivity contribution < 1.29 is 14.6 Å². The van der Waals surface area contributed by atoms with Gasteiger partial charge in [0.05, 0.1) is 5.56 Å². The van der Waals surface area contributed by atoms with Gasteiger partial charge in [-0.3, -0.25) is 0 Å². The molecule has 1 heterocycles. The Morgan fingerprint density at radius 3 is 2.85 bits per heavy atom. The van der Waals surface area contributed by atoms with Gasteiger partial charge < -0.3 is 9.84 Å². The van der Waals surface area contributed by atoms with Gasteiger partial charge in [0, 0.05) is 5.56 Å². The molecule has 0 spiro atoms. The lowest BCUT2D eigenvalue weighted by atomic mass is 9.94. The summed E-state index contributed by atoms with van der Waals surface area (Å²) in [5.74, 6) is -0.0271. The van der Waals surface area contributed by atoms with Crippen LogP contribution in [-0.4, -0.2) is 11.1 Å². The maximum atomic E-state index is 11.3. The molecule has 1 aliphatic heterocycles. The number of carboxylic acids is 1. The lowest BCUT2D eigenvalue weighted by Crippen LogP contribution is -2.18. The zero-order valence-electron chi connectivity index (χ0n) is 11.3. The summed E-state index contributed by atoms with van der Waals surface area (Å²) in [6, 6.07) is 13.3. The van der Waals surface area contributed by atoms with Crippen molar-refractivity contribution in [3.05, 3.63) is 64.7 Å². The van der Waals surface area contributed by atoms with Gasteiger partial charge in [0.2, 0.25) is 0 Å². The molecule has 2 aromatic rings. The van der Waals surface area contributed by atoms with Crippen molar-refractivity contribution in [3.8, 4) is 5.75 Å². The van der Waals surface area contributed by atoms with Crippen molar-refractivity contribution in [2.75, 3.05) is 0 Å². The summed E-state index contributed by atoms with van der Waals surface area (Å²) in [5.41, 5.74) is 3.43. The van der Waals surface area contributed by atoms with Crippen LogP contribution in [0.4, 0.5) is 0 Å². The third kappa shape index (κ3) is 2.27. The molecule has 3 heteroatoms. The van der Waals surface area contributed by atoms with Crippen molar-refractivity contribution in [1.82, 2.24) is 0 Å². The number of carbonyl (C=O) groups is 1. The molecule has 0 saturated carbocycles. The number of carboxylic acid groups (broad SMARTS) is 1. The summed E-state index contributed by atoms with van der Waals surface area (Å²) < 4.78 is 6.03. The Kier molecular flexibility index (Phi) is 3.18. The molecule has 2 aromatic carbocycles. The van der Waals surface area contributed by atoms with E-state index in [0.717, 1.165) is 29.7 Å². The first-order chi connectivity index (χ1) is 9.65. The van der Waals surface area contributed by atoms with E-state index in [1.54, 1.807) is 12.1 Å². The molecule has 0 aliphatic carbocycles. The van der Waals surface area contributed by atoms with E-state index < -0.39 is 5.97 Å². The Bertz CT molecular complexity index is 661. The Labute approximate surface area is 117 Å². The van der Waals surface area contributed by atoms with Crippen LogP contribution in [0.5, 0.6) is 5.75 Å². The van der Waals surface area contributed by atoms with Crippen molar-refractivity contribution in [1.29, 1.82) is 0 Å². The topological polar surface area (TPSA) is 46.5 Å². The minimum atomic E-state index is -0.903. The van der Waals surface area contributed by atoms with Crippen molar-refractivity contribution in [2.45, 2.75) is 25.9 Å². The van der Waals surface area contributed by atoms with E-state index in [4.69, 9.17) is 4.74 Å². The van der Waals surface area contributed by atoms with Gasteiger partial charge in [0.25, 0.3) is 0 Å². The molecule has 1 atom stereocenters. The number of fused-ring (bicyclic) bond motifs is 1. The monoisotopic (exact) mass is 268 g/mol. The van der Waals surface area contributed by atoms with Gasteiger partial charge in [0.1, 0.15) is 11.9 Å². The van der Waals surface area contributed by atoms with Crippen molar-refractivity contribution >= 4 is 5.97 Å². The predicted molar refractivity (Wildman–Crippen MR) is 76.3 cm³/mol. The molecule has 1 aliphatic rings. The number of benzene rings is 2. The molecule has 0 radical (unpaired) electrons. The molecular weight excluding hydrogens is 252 g/mol. The van der Waals surface area contributed by atoms with Gasteiger partial charge >= 0.3 is 5.97 Å². The maximum Gasteiger partial charge on any atom is 0.336 e. The van der Waals surface area contributed by atoms with Gasteiger partial charge in [-0.2, -0.15) is 0 Å². The van der Waals surface area contributed by atoms with E-state index in [2.05, 4.69) is 12.1 Å². The molecule has 0 fully saturated rings. The van der Waals surface area contributed by atoms with E-state index in [-0.39, 0.29) is 6.10 Å². The first-order valence-corrected chi connectivity index (χ1v) is 6.73. The minimum absolute atomic E-state index is 0.184. The molecule has 1 N–H and O–H groups in total. The number of hydrogen-bond donors (Lipinski definition) is 1. The Morgan fingerprint density at radius 1 is 1.25 bits per heavy atom. The fourth-order valence-electron chi connectivity index (χ4n) is 2.67. The highest BCUT2D eigenvalue weighted by atomic mass is 16.5. The molecule has 3 rings (SSSR count). The van der Waals surface area contributed by atoms with Crippen LogP contribution < -0.4 is 4.74 Å². The molecule has 0 bridgehead atoms. The normalized spacial score (nSPS) is 17.1. The molecule has 1 unspecified atom stereocenters. The second-order valence-electron chi connectivity index (χ2n) is 5.15. The molecular formula is C17H16O3. The van der Waals surface area contributed by atoms with Gasteiger partial charge in [0.15, 0.2) is 0 Å². The number of aromatic carboxylic acids is 1.